The van der Waals surface area contributed by atoms with Crippen molar-refractivity contribution in [2.24, 2.45) is 0 Å². The maximum Gasteiger partial charge on any atom is 0.329 e. The van der Waals surface area contributed by atoms with Crippen molar-refractivity contribution in [1.29, 1.82) is 0 Å². The van der Waals surface area contributed by atoms with E-state index in [1.54, 1.807) is 0 Å². The third-order valence-electron chi connectivity index (χ3n) is 1.16. The number of hydrogen-bond donors (Lipinski definition) is 1. The van der Waals surface area contributed by atoms with E-state index in [1.165, 1.54) is 0 Å². The Labute approximate surface area is 81.8 Å². The zero-order valence-electron chi connectivity index (χ0n) is 7.81. The first kappa shape index (κ1) is 13.0. The molecule has 0 aliphatic heterocycles. The standard InChI is InChI=1S/C8H14O6/c9-1-2-12-3-4-13-5-6-14-7-8(10)11/h1H,2-7H2,(H,10,11). The van der Waals surface area contributed by atoms with Crippen molar-refractivity contribution in [3.63, 3.8) is 0 Å². The lowest BCUT2D eigenvalue weighted by molar-refractivity contribution is -0.142. The number of aldehydes is 1. The lowest BCUT2D eigenvalue weighted by Crippen LogP contribution is -2.13. The third-order valence-corrected chi connectivity index (χ3v) is 1.16. The molecule has 0 aliphatic carbocycles. The van der Waals surface area contributed by atoms with Crippen LogP contribution in [0.3, 0.4) is 0 Å². The van der Waals surface area contributed by atoms with E-state index in [2.05, 4.69) is 0 Å². The maximum absolute atomic E-state index is 9.99. The Kier molecular flexibility index (Phi) is 9.40. The molecule has 0 heterocycles. The largest absolute Gasteiger partial charge is 0.480 e. The molecule has 0 amide bonds. The van der Waals surface area contributed by atoms with Crippen LogP contribution >= 0.6 is 0 Å². The highest BCUT2D eigenvalue weighted by Crippen LogP contribution is 1.80. The molecule has 14 heavy (non-hydrogen) atoms. The van der Waals surface area contributed by atoms with Crippen molar-refractivity contribution in [2.45, 2.75) is 0 Å². The van der Waals surface area contributed by atoms with Crippen LogP contribution in [-0.4, -0.2) is 57.0 Å². The van der Waals surface area contributed by atoms with Gasteiger partial charge >= 0.3 is 5.97 Å². The number of rotatable bonds is 10. The molecule has 0 aromatic heterocycles. The van der Waals surface area contributed by atoms with Crippen molar-refractivity contribution in [3.05, 3.63) is 0 Å². The highest BCUT2D eigenvalue weighted by molar-refractivity contribution is 5.67. The van der Waals surface area contributed by atoms with Crippen molar-refractivity contribution >= 4 is 12.3 Å². The zero-order valence-corrected chi connectivity index (χ0v) is 7.81. The molecule has 0 rings (SSSR count). The third kappa shape index (κ3) is 11.0. The number of carboxylic acid groups (broad SMARTS) is 1. The molecule has 0 saturated heterocycles. The van der Waals surface area contributed by atoms with Gasteiger partial charge in [0.1, 0.15) is 19.5 Å². The van der Waals surface area contributed by atoms with Gasteiger partial charge in [-0.05, 0) is 0 Å². The smallest absolute Gasteiger partial charge is 0.329 e. The first-order valence-electron chi connectivity index (χ1n) is 4.16. The number of carboxylic acids is 1. The number of carbonyl (C=O) groups excluding carboxylic acids is 1. The fourth-order valence-electron chi connectivity index (χ4n) is 0.629. The van der Waals surface area contributed by atoms with E-state index >= 15 is 0 Å². The van der Waals surface area contributed by atoms with E-state index in [4.69, 9.17) is 19.3 Å². The van der Waals surface area contributed by atoms with Crippen LogP contribution in [0.2, 0.25) is 0 Å². The lowest BCUT2D eigenvalue weighted by Gasteiger charge is -2.03. The average Bonchev–Trinajstić information content (AvgIpc) is 2.15. The van der Waals surface area contributed by atoms with Gasteiger partial charge in [0.25, 0.3) is 0 Å². The molecule has 0 aliphatic rings. The van der Waals surface area contributed by atoms with Gasteiger partial charge in [0.2, 0.25) is 0 Å². The lowest BCUT2D eigenvalue weighted by atomic mass is 10.7. The monoisotopic (exact) mass is 206 g/mol. The van der Waals surface area contributed by atoms with Gasteiger partial charge in [0, 0.05) is 0 Å². The summed E-state index contributed by atoms with van der Waals surface area (Å²) in [4.78, 5) is 19.8. The van der Waals surface area contributed by atoms with Crippen LogP contribution in [0.5, 0.6) is 0 Å². The van der Waals surface area contributed by atoms with Gasteiger partial charge in [-0.25, -0.2) is 4.79 Å². The predicted molar refractivity (Wildman–Crippen MR) is 46.2 cm³/mol. The maximum atomic E-state index is 9.99. The summed E-state index contributed by atoms with van der Waals surface area (Å²) in [6, 6.07) is 0. The van der Waals surface area contributed by atoms with E-state index < -0.39 is 5.97 Å². The molecule has 1 N–H and O–H groups in total. The molecule has 0 aromatic rings. The van der Waals surface area contributed by atoms with E-state index in [1.807, 2.05) is 0 Å². The van der Waals surface area contributed by atoms with Crippen LogP contribution in [0.25, 0.3) is 0 Å². The Morgan fingerprint density at radius 2 is 1.64 bits per heavy atom. The number of ether oxygens (including phenoxy) is 3. The Morgan fingerprint density at radius 3 is 2.21 bits per heavy atom. The van der Waals surface area contributed by atoms with Crippen molar-refractivity contribution in [2.75, 3.05) is 39.6 Å². The van der Waals surface area contributed by atoms with Gasteiger partial charge in [0.05, 0.1) is 26.4 Å². The minimum atomic E-state index is -1.00. The first-order valence-corrected chi connectivity index (χ1v) is 4.16. The molecule has 0 fully saturated rings. The van der Waals surface area contributed by atoms with Gasteiger partial charge < -0.3 is 24.1 Å². The number of carbonyl (C=O) groups is 2. The summed E-state index contributed by atoms with van der Waals surface area (Å²) in [5.41, 5.74) is 0. The summed E-state index contributed by atoms with van der Waals surface area (Å²) in [5, 5.41) is 8.19. The highest BCUT2D eigenvalue weighted by Gasteiger charge is 1.95. The molecule has 0 saturated carbocycles. The summed E-state index contributed by atoms with van der Waals surface area (Å²) in [7, 11) is 0. The van der Waals surface area contributed by atoms with E-state index in [0.717, 1.165) is 0 Å². The molecule has 0 atom stereocenters. The van der Waals surface area contributed by atoms with Gasteiger partial charge in [-0.1, -0.05) is 0 Å². The number of aliphatic carboxylic acids is 1. The molecule has 0 bridgehead atoms. The zero-order chi connectivity index (χ0) is 10.6. The predicted octanol–water partition coefficient (Wildman–Crippen LogP) is -0.680. The van der Waals surface area contributed by atoms with Crippen molar-refractivity contribution in [1.82, 2.24) is 0 Å². The Balaban J connectivity index is 2.92. The normalized spacial score (nSPS) is 10.0. The molecule has 0 spiro atoms. The molecule has 6 nitrogen and oxygen atoms in total. The molecular weight excluding hydrogens is 192 g/mol. The molecule has 0 aromatic carbocycles. The average molecular weight is 206 g/mol. The summed E-state index contributed by atoms with van der Waals surface area (Å²) in [5.74, 6) is -1.00. The van der Waals surface area contributed by atoms with Crippen LogP contribution in [0.15, 0.2) is 0 Å². The van der Waals surface area contributed by atoms with E-state index in [9.17, 15) is 9.59 Å². The van der Waals surface area contributed by atoms with Crippen LogP contribution in [0.4, 0.5) is 0 Å². The van der Waals surface area contributed by atoms with Gasteiger partial charge in [-0.2, -0.15) is 0 Å². The van der Waals surface area contributed by atoms with Gasteiger partial charge in [-0.3, -0.25) is 0 Å². The van der Waals surface area contributed by atoms with Crippen LogP contribution < -0.4 is 0 Å². The molecule has 0 unspecified atom stereocenters. The first-order chi connectivity index (χ1) is 6.77. The summed E-state index contributed by atoms with van der Waals surface area (Å²) >= 11 is 0. The van der Waals surface area contributed by atoms with E-state index in [-0.39, 0.29) is 19.8 Å². The molecular formula is C8H14O6. The fraction of sp³-hybridized carbons (Fsp3) is 0.750. The molecule has 6 heteroatoms. The summed E-state index contributed by atoms with van der Waals surface area (Å²) in [6.07, 6.45) is 0.663. The molecule has 0 radical (unpaired) electrons. The Morgan fingerprint density at radius 1 is 1.07 bits per heavy atom. The SMILES string of the molecule is O=CCOCCOCCOCC(=O)O. The minimum Gasteiger partial charge on any atom is -0.480 e. The van der Waals surface area contributed by atoms with Gasteiger partial charge in [0.15, 0.2) is 0 Å². The second kappa shape index (κ2) is 10.1. The minimum absolute atomic E-state index is 0.0683. The Bertz CT molecular complexity index is 158. The van der Waals surface area contributed by atoms with Gasteiger partial charge in [-0.15, -0.1) is 0 Å². The summed E-state index contributed by atoms with van der Waals surface area (Å²) in [6.45, 7) is 1.02. The number of hydrogen-bond acceptors (Lipinski definition) is 5. The van der Waals surface area contributed by atoms with Crippen LogP contribution in [0, 0.1) is 0 Å². The summed E-state index contributed by atoms with van der Waals surface area (Å²) < 4.78 is 14.5. The van der Waals surface area contributed by atoms with E-state index in [0.29, 0.717) is 26.1 Å². The van der Waals surface area contributed by atoms with Crippen molar-refractivity contribution < 1.29 is 28.9 Å². The second-order valence-corrected chi connectivity index (χ2v) is 2.30. The second-order valence-electron chi connectivity index (χ2n) is 2.30. The topological polar surface area (TPSA) is 82.1 Å². The van der Waals surface area contributed by atoms with Crippen molar-refractivity contribution in [3.8, 4) is 0 Å². The molecule has 82 valence electrons. The highest BCUT2D eigenvalue weighted by atomic mass is 16.5. The quantitative estimate of drug-likeness (QED) is 0.376. The van der Waals surface area contributed by atoms with Crippen LogP contribution in [-0.2, 0) is 23.8 Å². The van der Waals surface area contributed by atoms with Crippen LogP contribution in [0.1, 0.15) is 0 Å². The Hall–Kier alpha value is -0.980. The fourth-order valence-corrected chi connectivity index (χ4v) is 0.629.